The second kappa shape index (κ2) is 7.83. The molecule has 0 amide bonds. The third-order valence-corrected chi connectivity index (χ3v) is 9.73. The maximum Gasteiger partial charge on any atom is 0.0612 e. The molecular weight excluding hydrogens is 356 g/mol. The predicted octanol–water partition coefficient (Wildman–Crippen LogP) is 6.28. The Labute approximate surface area is 178 Å². The highest BCUT2D eigenvalue weighted by molar-refractivity contribution is 5.36. The zero-order valence-electron chi connectivity index (χ0n) is 19.5. The van der Waals surface area contributed by atoms with Gasteiger partial charge in [-0.1, -0.05) is 57.9 Å². The molecule has 0 radical (unpaired) electrons. The van der Waals surface area contributed by atoms with Crippen LogP contribution >= 0.6 is 0 Å². The van der Waals surface area contributed by atoms with Gasteiger partial charge in [-0.25, -0.2) is 0 Å². The normalized spacial score (nSPS) is 46.0. The number of allylic oxidation sites excluding steroid dienone is 3. The molecule has 0 unspecified atom stereocenters. The van der Waals surface area contributed by atoms with E-state index in [0.717, 1.165) is 37.5 Å². The van der Waals surface area contributed by atoms with Crippen molar-refractivity contribution in [2.75, 3.05) is 0 Å². The molecule has 0 aliphatic heterocycles. The van der Waals surface area contributed by atoms with E-state index in [0.29, 0.717) is 17.3 Å². The molecule has 0 bridgehead atoms. The SMILES string of the molecule is CC(C)C/C=C/[C@@H](C)[C@H]1CCC2=C3C[C@H](O)[C@@H]4C[C@@H](O)CC[C@]4(C)[C@H]3CC[C@@]21C. The van der Waals surface area contributed by atoms with Crippen LogP contribution in [0.2, 0.25) is 0 Å². The van der Waals surface area contributed by atoms with Crippen molar-refractivity contribution in [2.24, 2.45) is 40.4 Å². The zero-order valence-corrected chi connectivity index (χ0v) is 19.5. The van der Waals surface area contributed by atoms with Crippen LogP contribution in [0.25, 0.3) is 0 Å². The van der Waals surface area contributed by atoms with Crippen molar-refractivity contribution in [2.45, 2.75) is 105 Å². The van der Waals surface area contributed by atoms with Crippen LogP contribution in [0.3, 0.4) is 0 Å². The molecule has 4 rings (SSSR count). The quantitative estimate of drug-likeness (QED) is 0.545. The van der Waals surface area contributed by atoms with Crippen LogP contribution in [0.4, 0.5) is 0 Å². The van der Waals surface area contributed by atoms with Crippen molar-refractivity contribution in [1.82, 2.24) is 0 Å². The molecule has 2 nitrogen and oxygen atoms in total. The van der Waals surface area contributed by atoms with Gasteiger partial charge in [0.25, 0.3) is 0 Å². The zero-order chi connectivity index (χ0) is 21.0. The van der Waals surface area contributed by atoms with E-state index in [4.69, 9.17) is 0 Å². The summed E-state index contributed by atoms with van der Waals surface area (Å²) in [4.78, 5) is 0. The van der Waals surface area contributed by atoms with Gasteiger partial charge in [-0.15, -0.1) is 0 Å². The molecular formula is C27H44O2. The second-order valence-corrected chi connectivity index (χ2v) is 11.9. The Kier molecular flexibility index (Phi) is 5.84. The number of rotatable bonds is 4. The minimum Gasteiger partial charge on any atom is -0.393 e. The Morgan fingerprint density at radius 2 is 1.83 bits per heavy atom. The van der Waals surface area contributed by atoms with Gasteiger partial charge in [0.15, 0.2) is 0 Å². The van der Waals surface area contributed by atoms with E-state index in [1.54, 1.807) is 11.1 Å². The molecule has 0 aromatic carbocycles. The van der Waals surface area contributed by atoms with Crippen molar-refractivity contribution in [3.63, 3.8) is 0 Å². The fourth-order valence-electron chi connectivity index (χ4n) is 8.10. The van der Waals surface area contributed by atoms with E-state index in [1.165, 1.54) is 32.1 Å². The maximum absolute atomic E-state index is 11.1. The maximum atomic E-state index is 11.1. The van der Waals surface area contributed by atoms with Crippen LogP contribution in [0.1, 0.15) is 92.4 Å². The minimum absolute atomic E-state index is 0.182. The average Bonchev–Trinajstić information content (AvgIpc) is 3.00. The van der Waals surface area contributed by atoms with E-state index in [-0.39, 0.29) is 23.5 Å². The summed E-state index contributed by atoms with van der Waals surface area (Å²) in [7, 11) is 0. The third-order valence-electron chi connectivity index (χ3n) is 9.73. The highest BCUT2D eigenvalue weighted by Gasteiger charge is 2.57. The van der Waals surface area contributed by atoms with Gasteiger partial charge in [-0.05, 0) is 98.2 Å². The first kappa shape index (κ1) is 21.6. The van der Waals surface area contributed by atoms with E-state index in [9.17, 15) is 10.2 Å². The summed E-state index contributed by atoms with van der Waals surface area (Å²) in [5.41, 5.74) is 3.88. The number of hydrogen-bond donors (Lipinski definition) is 2. The first-order chi connectivity index (χ1) is 13.7. The predicted molar refractivity (Wildman–Crippen MR) is 120 cm³/mol. The van der Waals surface area contributed by atoms with Gasteiger partial charge in [0.1, 0.15) is 0 Å². The van der Waals surface area contributed by atoms with E-state index < -0.39 is 0 Å². The van der Waals surface area contributed by atoms with Crippen molar-refractivity contribution >= 4 is 0 Å². The van der Waals surface area contributed by atoms with Gasteiger partial charge >= 0.3 is 0 Å². The Morgan fingerprint density at radius 3 is 2.55 bits per heavy atom. The lowest BCUT2D eigenvalue weighted by Crippen LogP contribution is -2.53. The van der Waals surface area contributed by atoms with Crippen LogP contribution in [-0.4, -0.2) is 22.4 Å². The highest BCUT2D eigenvalue weighted by atomic mass is 16.3. The van der Waals surface area contributed by atoms with Gasteiger partial charge in [-0.3, -0.25) is 0 Å². The molecule has 0 heterocycles. The molecule has 0 saturated heterocycles. The standard InChI is InChI=1S/C27H44O2/c1-17(2)7-6-8-18(3)21-9-10-22-20-16-25(29)24-15-19(28)11-13-27(24,5)23(20)12-14-26(21,22)4/h6,8,17-19,21,23-25,28-29H,7,9-16H2,1-5H3/b8-6+/t18-,19+,21-,23+,24+,25+,26-,27-/m1/s1. The monoisotopic (exact) mass is 400 g/mol. The van der Waals surface area contributed by atoms with Gasteiger partial charge in [-0.2, -0.15) is 0 Å². The summed E-state index contributed by atoms with van der Waals surface area (Å²) < 4.78 is 0. The summed E-state index contributed by atoms with van der Waals surface area (Å²) in [5, 5.41) is 21.4. The summed E-state index contributed by atoms with van der Waals surface area (Å²) >= 11 is 0. The second-order valence-electron chi connectivity index (χ2n) is 11.9. The Morgan fingerprint density at radius 1 is 1.07 bits per heavy atom. The van der Waals surface area contributed by atoms with Gasteiger partial charge in [0, 0.05) is 0 Å². The lowest BCUT2D eigenvalue weighted by molar-refractivity contribution is -0.0960. The molecule has 0 aromatic rings. The average molecular weight is 401 g/mol. The van der Waals surface area contributed by atoms with Crippen LogP contribution in [-0.2, 0) is 0 Å². The van der Waals surface area contributed by atoms with Crippen LogP contribution in [0.5, 0.6) is 0 Å². The molecule has 29 heavy (non-hydrogen) atoms. The van der Waals surface area contributed by atoms with Crippen LogP contribution < -0.4 is 0 Å². The molecule has 2 heteroatoms. The lowest BCUT2D eigenvalue weighted by atomic mass is 9.48. The summed E-state index contributed by atoms with van der Waals surface area (Å²) in [6.45, 7) is 12.0. The fraction of sp³-hybridized carbons (Fsp3) is 0.852. The van der Waals surface area contributed by atoms with Gasteiger partial charge < -0.3 is 10.2 Å². The molecule has 3 fully saturated rings. The minimum atomic E-state index is -0.265. The Bertz CT molecular complexity index is 676. The van der Waals surface area contributed by atoms with Gasteiger partial charge in [0.05, 0.1) is 12.2 Å². The summed E-state index contributed by atoms with van der Waals surface area (Å²) in [5.74, 6) is 3.02. The van der Waals surface area contributed by atoms with Gasteiger partial charge in [0.2, 0.25) is 0 Å². The Hall–Kier alpha value is -0.600. The number of aliphatic hydroxyl groups excluding tert-OH is 2. The van der Waals surface area contributed by atoms with Crippen molar-refractivity contribution in [1.29, 1.82) is 0 Å². The van der Waals surface area contributed by atoms with Crippen LogP contribution in [0, 0.1) is 40.4 Å². The van der Waals surface area contributed by atoms with Crippen molar-refractivity contribution in [3.05, 3.63) is 23.3 Å². The van der Waals surface area contributed by atoms with Crippen LogP contribution in [0.15, 0.2) is 23.3 Å². The van der Waals surface area contributed by atoms with Crippen molar-refractivity contribution in [3.8, 4) is 0 Å². The molecule has 164 valence electrons. The topological polar surface area (TPSA) is 40.5 Å². The van der Waals surface area contributed by atoms with E-state index in [2.05, 4.69) is 46.8 Å². The smallest absolute Gasteiger partial charge is 0.0612 e. The molecule has 2 N–H and O–H groups in total. The Balaban J connectivity index is 1.61. The van der Waals surface area contributed by atoms with E-state index in [1.807, 2.05) is 0 Å². The molecule has 8 atom stereocenters. The number of hydrogen-bond acceptors (Lipinski definition) is 2. The first-order valence-electron chi connectivity index (χ1n) is 12.4. The molecule has 3 saturated carbocycles. The largest absolute Gasteiger partial charge is 0.393 e. The highest BCUT2D eigenvalue weighted by Crippen LogP contribution is 2.65. The molecule has 0 spiro atoms. The summed E-state index contributed by atoms with van der Waals surface area (Å²) in [6.07, 6.45) is 14.4. The fourth-order valence-corrected chi connectivity index (χ4v) is 8.10. The lowest BCUT2D eigenvalue weighted by Gasteiger charge is -2.58. The molecule has 0 aromatic heterocycles. The number of fused-ring (bicyclic) bond motifs is 4. The van der Waals surface area contributed by atoms with Crippen molar-refractivity contribution < 1.29 is 10.2 Å². The number of aliphatic hydroxyl groups is 2. The summed E-state index contributed by atoms with van der Waals surface area (Å²) in [6, 6.07) is 0. The van der Waals surface area contributed by atoms with E-state index >= 15 is 0 Å². The third kappa shape index (κ3) is 3.57. The molecule has 4 aliphatic rings. The molecule has 4 aliphatic carbocycles. The first-order valence-corrected chi connectivity index (χ1v) is 12.4.